The maximum atomic E-state index is 12.8. The Bertz CT molecular complexity index is 1230. The molecule has 3 aromatic rings. The van der Waals surface area contributed by atoms with Crippen molar-refractivity contribution < 1.29 is 33.1 Å². The topological polar surface area (TPSA) is 130 Å². The number of barbiturate groups is 1. The summed E-state index contributed by atoms with van der Waals surface area (Å²) in [6.45, 7) is 1.53. The lowest BCUT2D eigenvalue weighted by Gasteiger charge is -2.25. The van der Waals surface area contributed by atoms with Gasteiger partial charge in [0.05, 0.1) is 18.4 Å². The monoisotopic (exact) mass is 420 g/mol. The number of hydrogen-bond acceptors (Lipinski definition) is 6. The largest absolute Gasteiger partial charge is 0.478 e. The number of benzene rings is 1. The molecule has 0 atom stereocenters. The number of aromatic carboxylic acids is 1. The van der Waals surface area contributed by atoms with Crippen LogP contribution in [-0.2, 0) is 16.1 Å². The van der Waals surface area contributed by atoms with Gasteiger partial charge in [-0.05, 0) is 48.9 Å². The van der Waals surface area contributed by atoms with Crippen LogP contribution in [0.2, 0.25) is 0 Å². The first-order chi connectivity index (χ1) is 14.8. The second kappa shape index (κ2) is 7.79. The minimum atomic E-state index is -1.06. The van der Waals surface area contributed by atoms with Crippen molar-refractivity contribution in [3.8, 4) is 11.3 Å². The average Bonchev–Trinajstić information content (AvgIpc) is 3.40. The third-order valence-corrected chi connectivity index (χ3v) is 4.82. The zero-order valence-corrected chi connectivity index (χ0v) is 16.2. The standard InChI is InChI=1S/C22H16N2O7/c1-12-15(5-2-6-16(12)21(27)28)18-8-7-13(31-18)10-17-19(25)23-22(29)24(20(17)26)11-14-4-3-9-30-14/h2-10H,11H2,1H3,(H,27,28)(H,23,25,29)/b17-10+. The third-order valence-electron chi connectivity index (χ3n) is 4.82. The fraction of sp³-hybridized carbons (Fsp3) is 0.0909. The number of rotatable bonds is 5. The normalized spacial score (nSPS) is 15.5. The van der Waals surface area contributed by atoms with Gasteiger partial charge in [0.1, 0.15) is 22.9 Å². The summed E-state index contributed by atoms with van der Waals surface area (Å²) in [6, 6.07) is 10.3. The maximum absolute atomic E-state index is 12.8. The lowest BCUT2D eigenvalue weighted by Crippen LogP contribution is -2.53. The van der Waals surface area contributed by atoms with E-state index in [2.05, 4.69) is 5.32 Å². The van der Waals surface area contributed by atoms with E-state index in [0.29, 0.717) is 22.6 Å². The molecule has 4 rings (SSSR count). The average molecular weight is 420 g/mol. The molecule has 4 amide bonds. The lowest BCUT2D eigenvalue weighted by molar-refractivity contribution is -0.130. The van der Waals surface area contributed by atoms with Crippen LogP contribution in [0.5, 0.6) is 0 Å². The van der Waals surface area contributed by atoms with E-state index < -0.39 is 23.8 Å². The van der Waals surface area contributed by atoms with Crippen molar-refractivity contribution in [2.45, 2.75) is 13.5 Å². The smallest absolute Gasteiger partial charge is 0.335 e. The zero-order valence-electron chi connectivity index (χ0n) is 16.2. The molecule has 31 heavy (non-hydrogen) atoms. The Morgan fingerprint density at radius 3 is 2.65 bits per heavy atom. The van der Waals surface area contributed by atoms with Gasteiger partial charge in [-0.3, -0.25) is 19.8 Å². The molecular weight excluding hydrogens is 404 g/mol. The predicted molar refractivity (Wildman–Crippen MR) is 107 cm³/mol. The van der Waals surface area contributed by atoms with Crippen molar-refractivity contribution in [1.82, 2.24) is 10.2 Å². The van der Waals surface area contributed by atoms with Gasteiger partial charge >= 0.3 is 12.0 Å². The van der Waals surface area contributed by atoms with E-state index in [-0.39, 0.29) is 23.4 Å². The molecule has 0 aliphatic carbocycles. The van der Waals surface area contributed by atoms with Gasteiger partial charge < -0.3 is 13.9 Å². The van der Waals surface area contributed by atoms with E-state index in [0.717, 1.165) is 4.90 Å². The summed E-state index contributed by atoms with van der Waals surface area (Å²) in [5.41, 5.74) is 0.953. The van der Waals surface area contributed by atoms with Crippen molar-refractivity contribution in [3.63, 3.8) is 0 Å². The Hall–Kier alpha value is -4.40. The maximum Gasteiger partial charge on any atom is 0.335 e. The number of imide groups is 2. The summed E-state index contributed by atoms with van der Waals surface area (Å²) in [6.07, 6.45) is 2.65. The van der Waals surface area contributed by atoms with Gasteiger partial charge in [0.2, 0.25) is 0 Å². The number of amides is 4. The van der Waals surface area contributed by atoms with Gasteiger partial charge in [0.15, 0.2) is 0 Å². The lowest BCUT2D eigenvalue weighted by atomic mass is 10.0. The molecule has 2 aromatic heterocycles. The van der Waals surface area contributed by atoms with Gasteiger partial charge in [-0.15, -0.1) is 0 Å². The first kappa shape index (κ1) is 19.9. The molecule has 0 spiro atoms. The highest BCUT2D eigenvalue weighted by Crippen LogP contribution is 2.29. The molecule has 3 heterocycles. The van der Waals surface area contributed by atoms with E-state index in [1.54, 1.807) is 43.3 Å². The third kappa shape index (κ3) is 3.76. The van der Waals surface area contributed by atoms with Crippen LogP contribution in [0.3, 0.4) is 0 Å². The van der Waals surface area contributed by atoms with Crippen molar-refractivity contribution in [3.05, 3.63) is 76.9 Å². The molecule has 0 unspecified atom stereocenters. The molecule has 9 heteroatoms. The highest BCUT2D eigenvalue weighted by Gasteiger charge is 2.36. The number of furan rings is 2. The summed E-state index contributed by atoms with van der Waals surface area (Å²) in [5.74, 6) is -1.73. The first-order valence-electron chi connectivity index (χ1n) is 9.19. The molecule has 1 aromatic carbocycles. The van der Waals surface area contributed by atoms with E-state index in [1.807, 2.05) is 0 Å². The second-order valence-corrected chi connectivity index (χ2v) is 6.77. The second-order valence-electron chi connectivity index (χ2n) is 6.77. The van der Waals surface area contributed by atoms with Crippen molar-refractivity contribution in [1.29, 1.82) is 0 Å². The van der Waals surface area contributed by atoms with E-state index >= 15 is 0 Å². The Labute approximate surface area is 175 Å². The Kier molecular flexibility index (Phi) is 5.00. The molecule has 1 saturated heterocycles. The molecular formula is C22H16N2O7. The highest BCUT2D eigenvalue weighted by atomic mass is 16.4. The van der Waals surface area contributed by atoms with Crippen LogP contribution in [-0.4, -0.2) is 33.8 Å². The van der Waals surface area contributed by atoms with Crippen LogP contribution in [0.4, 0.5) is 4.79 Å². The van der Waals surface area contributed by atoms with Crippen molar-refractivity contribution >= 4 is 29.9 Å². The number of carbonyl (C=O) groups excluding carboxylic acids is 3. The molecule has 1 aliphatic rings. The number of urea groups is 1. The molecule has 1 fully saturated rings. The number of carboxylic acid groups (broad SMARTS) is 1. The van der Waals surface area contributed by atoms with Crippen LogP contribution < -0.4 is 5.32 Å². The van der Waals surface area contributed by atoms with Crippen molar-refractivity contribution in [2.75, 3.05) is 0 Å². The van der Waals surface area contributed by atoms with E-state index in [4.69, 9.17) is 8.83 Å². The molecule has 1 aliphatic heterocycles. The summed E-state index contributed by atoms with van der Waals surface area (Å²) in [5, 5.41) is 11.4. The Morgan fingerprint density at radius 1 is 1.13 bits per heavy atom. The van der Waals surface area contributed by atoms with Gasteiger partial charge in [0.25, 0.3) is 11.8 Å². The Morgan fingerprint density at radius 2 is 1.94 bits per heavy atom. The molecule has 0 bridgehead atoms. The van der Waals surface area contributed by atoms with Gasteiger partial charge in [-0.2, -0.15) is 0 Å². The fourth-order valence-corrected chi connectivity index (χ4v) is 3.25. The highest BCUT2D eigenvalue weighted by molar-refractivity contribution is 6.30. The van der Waals surface area contributed by atoms with Crippen molar-refractivity contribution in [2.24, 2.45) is 0 Å². The van der Waals surface area contributed by atoms with Crippen LogP contribution in [0, 0.1) is 6.92 Å². The first-order valence-corrected chi connectivity index (χ1v) is 9.19. The van der Waals surface area contributed by atoms with E-state index in [9.17, 15) is 24.3 Å². The van der Waals surface area contributed by atoms with Gasteiger partial charge in [-0.1, -0.05) is 12.1 Å². The molecule has 156 valence electrons. The number of nitrogens with zero attached hydrogens (tertiary/aromatic N) is 1. The number of carboxylic acids is 1. The predicted octanol–water partition coefficient (Wildman–Crippen LogP) is 3.21. The van der Waals surface area contributed by atoms with Gasteiger partial charge in [0, 0.05) is 5.56 Å². The minimum absolute atomic E-state index is 0.132. The summed E-state index contributed by atoms with van der Waals surface area (Å²) in [7, 11) is 0. The molecule has 2 N–H and O–H groups in total. The van der Waals surface area contributed by atoms with Crippen LogP contribution in [0.1, 0.15) is 27.4 Å². The molecule has 0 saturated carbocycles. The summed E-state index contributed by atoms with van der Waals surface area (Å²) >= 11 is 0. The van der Waals surface area contributed by atoms with E-state index in [1.165, 1.54) is 18.4 Å². The minimum Gasteiger partial charge on any atom is -0.478 e. The number of nitrogens with one attached hydrogen (secondary N) is 1. The van der Waals surface area contributed by atoms with Crippen LogP contribution >= 0.6 is 0 Å². The van der Waals surface area contributed by atoms with Crippen LogP contribution in [0.25, 0.3) is 17.4 Å². The summed E-state index contributed by atoms with van der Waals surface area (Å²) < 4.78 is 10.9. The SMILES string of the molecule is Cc1c(C(=O)O)cccc1-c1ccc(/C=C2\C(=O)NC(=O)N(Cc3ccco3)C2=O)o1. The quantitative estimate of drug-likeness (QED) is 0.479. The molecule has 0 radical (unpaired) electrons. The summed E-state index contributed by atoms with van der Waals surface area (Å²) in [4.78, 5) is 49.3. The van der Waals surface area contributed by atoms with Gasteiger partial charge in [-0.25, -0.2) is 9.59 Å². The fourth-order valence-electron chi connectivity index (χ4n) is 3.25. The Balaban J connectivity index is 1.64. The molecule has 9 nitrogen and oxygen atoms in total. The zero-order chi connectivity index (χ0) is 22.1. The number of carbonyl (C=O) groups is 4. The van der Waals surface area contributed by atoms with Crippen LogP contribution in [0.15, 0.2) is 63.1 Å². The number of hydrogen-bond donors (Lipinski definition) is 2.